The van der Waals surface area contributed by atoms with E-state index in [-0.39, 0.29) is 0 Å². The van der Waals surface area contributed by atoms with Crippen LogP contribution < -0.4 is 0 Å². The van der Waals surface area contributed by atoms with E-state index in [4.69, 9.17) is 4.42 Å². The third kappa shape index (κ3) is 10.0. The van der Waals surface area contributed by atoms with Gasteiger partial charge in [-0.3, -0.25) is 0 Å². The van der Waals surface area contributed by atoms with E-state index in [2.05, 4.69) is 413 Å². The number of nitrogens with zero attached hydrogens (tertiary/aromatic N) is 4. The van der Waals surface area contributed by atoms with Gasteiger partial charge in [0, 0.05) is 108 Å². The number of benzene rings is 18. The van der Waals surface area contributed by atoms with Gasteiger partial charge in [0.25, 0.3) is 0 Å². The topological polar surface area (TPSA) is 32.9 Å². The first-order valence-corrected chi connectivity index (χ1v) is 39.9. The molecule has 0 saturated heterocycles. The Morgan fingerprint density at radius 2 is 0.526 bits per heavy atom. The Morgan fingerprint density at radius 1 is 0.167 bits per heavy atom. The lowest BCUT2D eigenvalue weighted by molar-refractivity contribution is 0.669. The lowest BCUT2D eigenvalue weighted by Gasteiger charge is -2.13. The van der Waals surface area contributed by atoms with Gasteiger partial charge in [-0.2, -0.15) is 0 Å². The van der Waals surface area contributed by atoms with E-state index in [0.717, 1.165) is 122 Å². The first kappa shape index (κ1) is 64.0. The zero-order valence-electron chi connectivity index (χ0n) is 61.7. The maximum absolute atomic E-state index is 6.50. The highest BCUT2D eigenvalue weighted by Gasteiger charge is 2.25. The Kier molecular flexibility index (Phi) is 14.3. The van der Waals surface area contributed by atoms with Gasteiger partial charge < -0.3 is 22.7 Å². The smallest absolute Gasteiger partial charge is 0.135 e. The van der Waals surface area contributed by atoms with Gasteiger partial charge >= 0.3 is 0 Å². The second kappa shape index (κ2) is 25.4. The van der Waals surface area contributed by atoms with Crippen molar-refractivity contribution in [2.24, 2.45) is 0 Å². The molecule has 0 saturated carbocycles. The first-order valence-electron chi connectivity index (χ1n) is 39.1. The Balaban J connectivity index is 0.626. The number of rotatable bonds is 11. The van der Waals surface area contributed by atoms with Gasteiger partial charge in [-0.1, -0.05) is 255 Å². The van der Waals surface area contributed by atoms with Crippen molar-refractivity contribution in [2.75, 3.05) is 0 Å². The number of hydrogen-bond donors (Lipinski definition) is 0. The van der Waals surface area contributed by atoms with Gasteiger partial charge in [-0.25, -0.2) is 0 Å². The van der Waals surface area contributed by atoms with Crippen molar-refractivity contribution in [2.45, 2.75) is 0 Å². The molecule has 6 heteroatoms. The van der Waals surface area contributed by atoms with Crippen LogP contribution in [-0.2, 0) is 0 Å². The van der Waals surface area contributed by atoms with E-state index in [1.807, 2.05) is 17.4 Å². The number of thiophene rings is 1. The Bertz CT molecular complexity index is 8090. The summed E-state index contributed by atoms with van der Waals surface area (Å²) in [5, 5.41) is 14.4. The molecule has 24 rings (SSSR count). The lowest BCUT2D eigenvalue weighted by Crippen LogP contribution is -1.96. The molecule has 0 aliphatic carbocycles. The van der Waals surface area contributed by atoms with Crippen LogP contribution in [-0.4, -0.2) is 18.3 Å². The lowest BCUT2D eigenvalue weighted by atomic mass is 9.95. The van der Waals surface area contributed by atoms with Crippen LogP contribution in [0.3, 0.4) is 0 Å². The van der Waals surface area contributed by atoms with Crippen LogP contribution in [0.2, 0.25) is 0 Å². The highest BCUT2D eigenvalue weighted by Crippen LogP contribution is 2.48. The summed E-state index contributed by atoms with van der Waals surface area (Å²) in [6.45, 7) is 0. The molecule has 0 bridgehead atoms. The van der Waals surface area contributed by atoms with Crippen LogP contribution in [0.15, 0.2) is 405 Å². The minimum absolute atomic E-state index is 0.868. The van der Waals surface area contributed by atoms with Gasteiger partial charge in [0.05, 0.1) is 44.1 Å². The summed E-state index contributed by atoms with van der Waals surface area (Å²) in [5.74, 6) is 0. The number of aromatic nitrogens is 4. The summed E-state index contributed by atoms with van der Waals surface area (Å²) in [7, 11) is 0. The summed E-state index contributed by atoms with van der Waals surface area (Å²) in [6.07, 6.45) is 0. The van der Waals surface area contributed by atoms with Crippen molar-refractivity contribution < 1.29 is 4.42 Å². The molecule has 18 aromatic carbocycles. The molecule has 530 valence electrons. The average Bonchev–Trinajstić information content (AvgIpc) is 1.58. The summed E-state index contributed by atoms with van der Waals surface area (Å²) >= 11 is 1.86. The molecule has 0 amide bonds. The second-order valence-corrected chi connectivity index (χ2v) is 31.3. The second-order valence-electron chi connectivity index (χ2n) is 30.3. The van der Waals surface area contributed by atoms with Crippen LogP contribution in [0.5, 0.6) is 0 Å². The van der Waals surface area contributed by atoms with Crippen molar-refractivity contribution in [3.63, 3.8) is 0 Å². The van der Waals surface area contributed by atoms with E-state index < -0.39 is 0 Å². The van der Waals surface area contributed by atoms with Crippen LogP contribution in [0.4, 0.5) is 0 Å². The number of para-hydroxylation sites is 5. The summed E-state index contributed by atoms with van der Waals surface area (Å²) in [5.41, 5.74) is 31.8. The molecule has 24 aromatic rings. The van der Waals surface area contributed by atoms with E-state index in [1.165, 1.54) is 108 Å². The predicted molar refractivity (Wildman–Crippen MR) is 482 cm³/mol. The largest absolute Gasteiger partial charge is 0.456 e. The van der Waals surface area contributed by atoms with Gasteiger partial charge in [0.15, 0.2) is 0 Å². The molecule has 6 aromatic heterocycles. The quantitative estimate of drug-likeness (QED) is 0.127. The normalized spacial score (nSPS) is 12.0. The van der Waals surface area contributed by atoms with E-state index in [0.29, 0.717) is 0 Å². The fraction of sp³-hybridized carbons (Fsp3) is 0. The molecule has 0 N–H and O–H groups in total. The molecule has 0 aliphatic heterocycles. The molecule has 0 unspecified atom stereocenters. The molecular formula is C108H66N4OS. The van der Waals surface area contributed by atoms with Crippen molar-refractivity contribution in [1.82, 2.24) is 18.3 Å². The minimum atomic E-state index is 0.868. The fourth-order valence-electron chi connectivity index (χ4n) is 18.7. The highest BCUT2D eigenvalue weighted by molar-refractivity contribution is 7.25. The van der Waals surface area contributed by atoms with Crippen LogP contribution in [0, 0.1) is 0 Å². The van der Waals surface area contributed by atoms with Crippen molar-refractivity contribution in [3.05, 3.63) is 400 Å². The Labute approximate surface area is 659 Å². The minimum Gasteiger partial charge on any atom is -0.456 e. The maximum atomic E-state index is 6.50. The maximum Gasteiger partial charge on any atom is 0.135 e. The van der Waals surface area contributed by atoms with Gasteiger partial charge in [0.1, 0.15) is 11.2 Å². The first-order chi connectivity index (χ1) is 56.5. The van der Waals surface area contributed by atoms with E-state index in [1.54, 1.807) is 0 Å². The number of fused-ring (bicyclic) bond motifs is 18. The number of hydrogen-bond acceptors (Lipinski definition) is 2. The molecule has 0 atom stereocenters. The summed E-state index contributed by atoms with van der Waals surface area (Å²) in [4.78, 5) is 0. The Morgan fingerprint density at radius 3 is 1.07 bits per heavy atom. The monoisotopic (exact) mass is 1470 g/mol. The van der Waals surface area contributed by atoms with Crippen LogP contribution in [0.1, 0.15) is 0 Å². The SMILES string of the molecule is c1ccc(-c2ccc3c(c2)c2ccc(-c4cccc5c6cc(-c7cccc(-c8cccc(-c9ccc%10c(c9)c9ccc(-c%11cccc%12c%13cc(-c%14ccccc%14)ccc%13n(-c%13ccccc%13)c%11%12)cc9n%10-c9ccccc9)c8)c7)ccc6n(-c6ccc7oc8ccccc8c7c6)c45)cc2n3-c2ccc3sc4ccccc4c3c2)cc1. The van der Waals surface area contributed by atoms with E-state index in [9.17, 15) is 0 Å². The summed E-state index contributed by atoms with van der Waals surface area (Å²) in [6, 6.07) is 148. The third-order valence-electron chi connectivity index (χ3n) is 23.9. The molecule has 0 radical (unpaired) electrons. The summed E-state index contributed by atoms with van der Waals surface area (Å²) < 4.78 is 19.0. The number of furan rings is 1. The Hall–Kier alpha value is -14.8. The predicted octanol–water partition coefficient (Wildman–Crippen LogP) is 30.0. The molecular weight excluding hydrogens is 1400 g/mol. The standard InChI is InChI=1S/C108H66N4OS/c1-5-21-67(22-6-1)73-43-51-98-91(59-73)86-50-42-78(64-102(86)110(98)81-48-56-106-96(66-81)88-34-14-16-40-105(88)114-106)84-36-20-38-90-94-62-76(46-54-100(94)112(108(84)90)82-47-55-104-95(65-82)87-33-13-15-39-103(87)113-104)72-28-18-26-70(58-72)69-25-17-27-71(57-69)75-45-52-97-92(61-75)85-49-41-77(63-101(85)109(97)79-29-9-3-10-30-79)83-35-19-37-89-93-60-74(68-23-7-2-8-24-68)44-53-99(93)111(107(83)89)80-31-11-4-12-32-80/h1-66H. The van der Waals surface area contributed by atoms with Crippen molar-refractivity contribution >= 4 is 141 Å². The van der Waals surface area contributed by atoms with Gasteiger partial charge in [-0.15, -0.1) is 11.3 Å². The molecule has 0 aliphatic rings. The van der Waals surface area contributed by atoms with E-state index >= 15 is 0 Å². The average molecular weight is 1470 g/mol. The highest BCUT2D eigenvalue weighted by atomic mass is 32.1. The fourth-order valence-corrected chi connectivity index (χ4v) is 19.8. The molecule has 6 heterocycles. The molecule has 0 spiro atoms. The van der Waals surface area contributed by atoms with Crippen molar-refractivity contribution in [3.8, 4) is 101 Å². The van der Waals surface area contributed by atoms with Gasteiger partial charge in [0.2, 0.25) is 0 Å². The van der Waals surface area contributed by atoms with Gasteiger partial charge in [-0.05, 0) is 212 Å². The van der Waals surface area contributed by atoms with Crippen LogP contribution in [0.25, 0.3) is 230 Å². The molecule has 114 heavy (non-hydrogen) atoms. The molecule has 0 fully saturated rings. The van der Waals surface area contributed by atoms with Crippen molar-refractivity contribution in [1.29, 1.82) is 0 Å². The zero-order chi connectivity index (χ0) is 74.6. The zero-order valence-corrected chi connectivity index (χ0v) is 62.5. The molecule has 5 nitrogen and oxygen atoms in total. The third-order valence-corrected chi connectivity index (χ3v) is 25.1. The van der Waals surface area contributed by atoms with Crippen LogP contribution >= 0.6 is 11.3 Å².